The molecular weight excluding hydrogens is 325 g/mol. The first kappa shape index (κ1) is 17.1. The molecule has 0 aliphatic heterocycles. The molecule has 1 aromatic carbocycles. The zero-order valence-electron chi connectivity index (χ0n) is 12.2. The molecule has 1 aliphatic rings. The summed E-state index contributed by atoms with van der Waals surface area (Å²) in [6.45, 7) is 0.356. The van der Waals surface area contributed by atoms with Gasteiger partial charge in [-0.15, -0.1) is 0 Å². The smallest absolute Gasteiger partial charge is 0.338 e. The highest BCUT2D eigenvalue weighted by Gasteiger charge is 2.15. The van der Waals surface area contributed by atoms with Crippen LogP contribution in [0.5, 0.6) is 0 Å². The predicted octanol–water partition coefficient (Wildman–Crippen LogP) is 3.85. The molecule has 0 aromatic heterocycles. The second kappa shape index (κ2) is 8.39. The van der Waals surface area contributed by atoms with E-state index >= 15 is 0 Å². The molecule has 22 heavy (non-hydrogen) atoms. The van der Waals surface area contributed by atoms with Crippen LogP contribution in [0.2, 0.25) is 10.0 Å². The van der Waals surface area contributed by atoms with Crippen LogP contribution in [0.25, 0.3) is 0 Å². The fourth-order valence-corrected chi connectivity index (χ4v) is 3.11. The molecule has 0 radical (unpaired) electrons. The van der Waals surface area contributed by atoms with E-state index in [2.05, 4.69) is 5.32 Å². The maximum absolute atomic E-state index is 11.8. The van der Waals surface area contributed by atoms with E-state index in [1.807, 2.05) is 0 Å². The molecule has 1 aliphatic carbocycles. The van der Waals surface area contributed by atoms with Crippen LogP contribution < -0.4 is 5.32 Å². The number of ether oxygens (including phenoxy) is 1. The van der Waals surface area contributed by atoms with Gasteiger partial charge in [0.15, 0.2) is 6.61 Å². The third-order valence-electron chi connectivity index (χ3n) is 3.75. The number of hydrogen-bond donors (Lipinski definition) is 1. The van der Waals surface area contributed by atoms with Crippen LogP contribution in [-0.4, -0.2) is 25.0 Å². The van der Waals surface area contributed by atoms with Crippen molar-refractivity contribution < 1.29 is 14.3 Å². The highest BCUT2D eigenvalue weighted by Crippen LogP contribution is 2.22. The molecule has 4 nitrogen and oxygen atoms in total. The number of carbonyl (C=O) groups excluding carboxylic acids is 2. The normalized spacial score (nSPS) is 15.4. The molecule has 1 fully saturated rings. The lowest BCUT2D eigenvalue weighted by Crippen LogP contribution is -2.33. The Hall–Kier alpha value is -1.26. The van der Waals surface area contributed by atoms with E-state index < -0.39 is 5.97 Å². The molecule has 0 atom stereocenters. The predicted molar refractivity (Wildman–Crippen MR) is 86.3 cm³/mol. The first-order valence-corrected chi connectivity index (χ1v) is 8.20. The number of benzene rings is 1. The fraction of sp³-hybridized carbons (Fsp3) is 0.500. The Bertz CT molecular complexity index is 522. The van der Waals surface area contributed by atoms with Crippen LogP contribution in [0.1, 0.15) is 42.5 Å². The van der Waals surface area contributed by atoms with Gasteiger partial charge in [-0.1, -0.05) is 42.5 Å². The van der Waals surface area contributed by atoms with Gasteiger partial charge in [0.05, 0.1) is 5.56 Å². The van der Waals surface area contributed by atoms with Gasteiger partial charge in [0.1, 0.15) is 0 Å². The van der Waals surface area contributed by atoms with Crippen molar-refractivity contribution >= 4 is 35.1 Å². The van der Waals surface area contributed by atoms with Gasteiger partial charge in [0.25, 0.3) is 5.91 Å². The van der Waals surface area contributed by atoms with Crippen molar-refractivity contribution in [2.24, 2.45) is 5.92 Å². The molecule has 0 bridgehead atoms. The van der Waals surface area contributed by atoms with Crippen molar-refractivity contribution in [3.05, 3.63) is 33.8 Å². The van der Waals surface area contributed by atoms with Crippen LogP contribution in [0.3, 0.4) is 0 Å². The Kier molecular flexibility index (Phi) is 6.52. The van der Waals surface area contributed by atoms with Crippen molar-refractivity contribution in [3.8, 4) is 0 Å². The Morgan fingerprint density at radius 1 is 1.09 bits per heavy atom. The maximum atomic E-state index is 11.8. The summed E-state index contributed by atoms with van der Waals surface area (Å²) in [5, 5.41) is 3.51. The lowest BCUT2D eigenvalue weighted by molar-refractivity contribution is -0.124. The number of halogens is 2. The van der Waals surface area contributed by atoms with E-state index in [1.54, 1.807) is 0 Å². The zero-order chi connectivity index (χ0) is 15.9. The molecule has 0 spiro atoms. The molecule has 0 saturated heterocycles. The van der Waals surface area contributed by atoms with Gasteiger partial charge in [0, 0.05) is 16.6 Å². The highest BCUT2D eigenvalue weighted by molar-refractivity contribution is 6.35. The van der Waals surface area contributed by atoms with Gasteiger partial charge < -0.3 is 10.1 Å². The fourth-order valence-electron chi connectivity index (χ4n) is 2.59. The minimum Gasteiger partial charge on any atom is -0.452 e. The first-order chi connectivity index (χ1) is 10.5. The van der Waals surface area contributed by atoms with Crippen molar-refractivity contribution in [1.82, 2.24) is 5.32 Å². The topological polar surface area (TPSA) is 55.4 Å². The number of esters is 1. The van der Waals surface area contributed by atoms with Gasteiger partial charge in [-0.05, 0) is 37.0 Å². The monoisotopic (exact) mass is 343 g/mol. The third kappa shape index (κ3) is 5.50. The second-order valence-corrected chi connectivity index (χ2v) is 6.42. The Labute approximate surface area is 140 Å². The number of hydrogen-bond acceptors (Lipinski definition) is 3. The summed E-state index contributed by atoms with van der Waals surface area (Å²) in [4.78, 5) is 23.6. The van der Waals surface area contributed by atoms with Crippen LogP contribution in [-0.2, 0) is 9.53 Å². The number of nitrogens with one attached hydrogen (secondary N) is 1. The average Bonchev–Trinajstić information content (AvgIpc) is 2.50. The largest absolute Gasteiger partial charge is 0.452 e. The van der Waals surface area contributed by atoms with Crippen molar-refractivity contribution in [2.45, 2.75) is 32.1 Å². The van der Waals surface area contributed by atoms with Gasteiger partial charge >= 0.3 is 5.97 Å². The molecule has 2 rings (SSSR count). The van der Waals surface area contributed by atoms with Gasteiger partial charge in [-0.25, -0.2) is 4.79 Å². The lowest BCUT2D eigenvalue weighted by Gasteiger charge is -2.21. The van der Waals surface area contributed by atoms with Crippen LogP contribution >= 0.6 is 23.2 Å². The van der Waals surface area contributed by atoms with Gasteiger partial charge in [-0.2, -0.15) is 0 Å². The van der Waals surface area contributed by atoms with Crippen LogP contribution in [0, 0.1) is 5.92 Å². The number of rotatable bonds is 5. The Morgan fingerprint density at radius 2 is 1.73 bits per heavy atom. The summed E-state index contributed by atoms with van der Waals surface area (Å²) in [6.07, 6.45) is 6.04. The minimum absolute atomic E-state index is 0.234. The molecule has 0 heterocycles. The lowest BCUT2D eigenvalue weighted by atomic mass is 9.89. The highest BCUT2D eigenvalue weighted by atomic mass is 35.5. The molecule has 1 N–H and O–H groups in total. The van der Waals surface area contributed by atoms with Gasteiger partial charge in [0.2, 0.25) is 0 Å². The Morgan fingerprint density at radius 3 is 2.36 bits per heavy atom. The molecule has 0 unspecified atom stereocenters. The van der Waals surface area contributed by atoms with E-state index in [0.29, 0.717) is 22.5 Å². The summed E-state index contributed by atoms with van der Waals surface area (Å²) in [7, 11) is 0. The molecule has 1 aromatic rings. The summed E-state index contributed by atoms with van der Waals surface area (Å²) in [6, 6.07) is 4.43. The standard InChI is InChI=1S/C16H19Cl2NO3/c17-13-6-12(7-14(18)8-13)16(21)22-10-15(20)19-9-11-4-2-1-3-5-11/h6-8,11H,1-5,9-10H2,(H,19,20). The van der Waals surface area contributed by atoms with Crippen molar-refractivity contribution in [2.75, 3.05) is 13.2 Å². The molecule has 120 valence electrons. The Balaban J connectivity index is 1.74. The summed E-state index contributed by atoms with van der Waals surface area (Å²) < 4.78 is 4.97. The van der Waals surface area contributed by atoms with E-state index in [-0.39, 0.29) is 18.1 Å². The third-order valence-corrected chi connectivity index (χ3v) is 4.18. The van der Waals surface area contributed by atoms with Crippen LogP contribution in [0.4, 0.5) is 0 Å². The molecular formula is C16H19Cl2NO3. The van der Waals surface area contributed by atoms with Crippen molar-refractivity contribution in [1.29, 1.82) is 0 Å². The summed E-state index contributed by atoms with van der Waals surface area (Å²) >= 11 is 11.6. The minimum atomic E-state index is -0.614. The SMILES string of the molecule is O=C(COC(=O)c1cc(Cl)cc(Cl)c1)NCC1CCCCC1. The second-order valence-electron chi connectivity index (χ2n) is 5.54. The first-order valence-electron chi connectivity index (χ1n) is 7.44. The maximum Gasteiger partial charge on any atom is 0.338 e. The van der Waals surface area contributed by atoms with E-state index in [1.165, 1.54) is 37.5 Å². The van der Waals surface area contributed by atoms with E-state index in [4.69, 9.17) is 27.9 Å². The van der Waals surface area contributed by atoms with Crippen LogP contribution in [0.15, 0.2) is 18.2 Å². The molecule has 6 heteroatoms. The molecule has 1 saturated carbocycles. The van der Waals surface area contributed by atoms with E-state index in [9.17, 15) is 9.59 Å². The average molecular weight is 344 g/mol. The van der Waals surface area contributed by atoms with Gasteiger partial charge in [-0.3, -0.25) is 4.79 Å². The van der Waals surface area contributed by atoms with E-state index in [0.717, 1.165) is 12.8 Å². The quantitative estimate of drug-likeness (QED) is 0.826. The zero-order valence-corrected chi connectivity index (χ0v) is 13.8. The summed E-state index contributed by atoms with van der Waals surface area (Å²) in [5.41, 5.74) is 0.234. The van der Waals surface area contributed by atoms with Crippen molar-refractivity contribution in [3.63, 3.8) is 0 Å². The number of amides is 1. The molecule has 1 amide bonds. The summed E-state index contributed by atoms with van der Waals surface area (Å²) in [5.74, 6) is -0.357. The number of carbonyl (C=O) groups is 2.